The zero-order valence-electron chi connectivity index (χ0n) is 22.0. The molecule has 2 aromatic heterocycles. The summed E-state index contributed by atoms with van der Waals surface area (Å²) in [6.45, 7) is 5.74. The van der Waals surface area contributed by atoms with E-state index >= 15 is 0 Å². The van der Waals surface area contributed by atoms with Crippen LogP contribution >= 0.6 is 0 Å². The van der Waals surface area contributed by atoms with Gasteiger partial charge in [-0.15, -0.1) is 0 Å². The Bertz CT molecular complexity index is 1470. The van der Waals surface area contributed by atoms with Crippen molar-refractivity contribution in [2.45, 2.75) is 62.8 Å². The third-order valence-electron chi connectivity index (χ3n) is 8.06. The zero-order valence-corrected chi connectivity index (χ0v) is 22.8. The summed E-state index contributed by atoms with van der Waals surface area (Å²) in [5.74, 6) is 1.18. The second-order valence-corrected chi connectivity index (χ2v) is 13.6. The number of hydrogen-bond acceptors (Lipinski definition) is 8. The first-order valence-electron chi connectivity index (χ1n) is 13.4. The van der Waals surface area contributed by atoms with Gasteiger partial charge in [0, 0.05) is 31.7 Å². The minimum Gasteiger partial charge on any atom is -0.390 e. The molecule has 0 atom stereocenters. The summed E-state index contributed by atoms with van der Waals surface area (Å²) in [4.78, 5) is 11.7. The SMILES string of the molecule is CC(C)(O)C1CCN(c2nc(NC3CN(S(=O)(=O)C4CC4)C3)nc3c2cnn3-c2cccc(C(F)F)c2)CC1. The molecule has 2 N–H and O–H groups in total. The average Bonchev–Trinajstić information content (AvgIpc) is 3.66. The van der Waals surface area contributed by atoms with Crippen molar-refractivity contribution in [2.24, 2.45) is 5.92 Å². The molecule has 0 bridgehead atoms. The molecule has 1 saturated carbocycles. The number of alkyl halides is 2. The van der Waals surface area contributed by atoms with E-state index in [1.807, 2.05) is 13.8 Å². The number of aliphatic hydroxyl groups is 1. The lowest BCUT2D eigenvalue weighted by Crippen LogP contribution is -2.57. The molecule has 0 amide bonds. The van der Waals surface area contributed by atoms with Gasteiger partial charge in [-0.25, -0.2) is 21.9 Å². The van der Waals surface area contributed by atoms with Crippen molar-refractivity contribution >= 4 is 32.8 Å². The van der Waals surface area contributed by atoms with E-state index in [2.05, 4.69) is 15.3 Å². The van der Waals surface area contributed by atoms with Crippen molar-refractivity contribution in [1.82, 2.24) is 24.1 Å². The Kier molecular flexibility index (Phi) is 6.50. The van der Waals surface area contributed by atoms with Crippen molar-refractivity contribution in [2.75, 3.05) is 36.4 Å². The summed E-state index contributed by atoms with van der Waals surface area (Å²) in [7, 11) is -3.23. The van der Waals surface area contributed by atoms with Gasteiger partial charge in [0.05, 0.1) is 34.2 Å². The van der Waals surface area contributed by atoms with Crippen LogP contribution in [0.1, 0.15) is 51.5 Å². The summed E-state index contributed by atoms with van der Waals surface area (Å²) in [6.07, 6.45) is 2.07. The fourth-order valence-corrected chi connectivity index (χ4v) is 7.40. The molecular formula is C26H33F2N7O3S. The Morgan fingerprint density at radius 2 is 1.82 bits per heavy atom. The van der Waals surface area contributed by atoms with Gasteiger partial charge in [0.2, 0.25) is 16.0 Å². The fourth-order valence-electron chi connectivity index (χ4n) is 5.47. The Labute approximate surface area is 226 Å². The van der Waals surface area contributed by atoms with Gasteiger partial charge in [0.15, 0.2) is 5.65 Å². The summed E-state index contributed by atoms with van der Waals surface area (Å²) in [6, 6.07) is 5.90. The van der Waals surface area contributed by atoms with Crippen molar-refractivity contribution in [3.05, 3.63) is 36.0 Å². The lowest BCUT2D eigenvalue weighted by atomic mass is 9.83. The van der Waals surface area contributed by atoms with E-state index in [4.69, 9.17) is 9.97 Å². The van der Waals surface area contributed by atoms with E-state index in [0.717, 1.165) is 25.7 Å². The molecule has 1 aromatic carbocycles. The first kappa shape index (κ1) is 26.3. The van der Waals surface area contributed by atoms with Gasteiger partial charge in [-0.1, -0.05) is 12.1 Å². The largest absolute Gasteiger partial charge is 0.390 e. The molecule has 4 heterocycles. The molecule has 39 heavy (non-hydrogen) atoms. The van der Waals surface area contributed by atoms with Crippen molar-refractivity contribution < 1.29 is 22.3 Å². The van der Waals surface area contributed by atoms with Crippen LogP contribution in [0.2, 0.25) is 0 Å². The molecule has 3 aliphatic rings. The van der Waals surface area contributed by atoms with E-state index in [-0.39, 0.29) is 22.8 Å². The number of hydrogen-bond donors (Lipinski definition) is 2. The molecule has 2 saturated heterocycles. The topological polar surface area (TPSA) is 116 Å². The van der Waals surface area contributed by atoms with Gasteiger partial charge in [-0.05, 0) is 57.6 Å². The summed E-state index contributed by atoms with van der Waals surface area (Å²) >= 11 is 0. The van der Waals surface area contributed by atoms with Crippen LogP contribution in [0.3, 0.4) is 0 Å². The highest BCUT2D eigenvalue weighted by atomic mass is 32.2. The molecule has 0 radical (unpaired) electrons. The standard InChI is InChI=1S/C26H33F2N7O3S/c1-26(2,36)17-8-10-33(11-9-17)23-21-13-29-35(19-5-3-4-16(12-19)22(27)28)24(21)32-25(31-23)30-18-14-34(15-18)39(37,38)20-6-7-20/h3-5,12-13,17-18,20,22,36H,6-11,14-15H2,1-2H3,(H,30,31,32). The van der Waals surface area contributed by atoms with E-state index in [1.165, 1.54) is 21.1 Å². The van der Waals surface area contributed by atoms with Crippen molar-refractivity contribution in [3.8, 4) is 5.69 Å². The van der Waals surface area contributed by atoms with Gasteiger partial charge in [0.25, 0.3) is 6.43 Å². The molecule has 0 spiro atoms. The smallest absolute Gasteiger partial charge is 0.263 e. The number of halogens is 2. The highest BCUT2D eigenvalue weighted by Gasteiger charge is 2.45. The number of rotatable bonds is 8. The van der Waals surface area contributed by atoms with Crippen LogP contribution in [0.4, 0.5) is 20.5 Å². The number of benzene rings is 1. The monoisotopic (exact) mass is 561 g/mol. The molecule has 1 aliphatic carbocycles. The predicted molar refractivity (Wildman–Crippen MR) is 144 cm³/mol. The molecule has 3 fully saturated rings. The minimum atomic E-state index is -3.23. The van der Waals surface area contributed by atoms with Crippen LogP contribution in [-0.2, 0) is 10.0 Å². The molecule has 210 valence electrons. The Hall–Kier alpha value is -2.90. The zero-order chi connectivity index (χ0) is 27.5. The molecular weight excluding hydrogens is 528 g/mol. The number of nitrogens with zero attached hydrogens (tertiary/aromatic N) is 6. The van der Waals surface area contributed by atoms with Gasteiger partial charge >= 0.3 is 0 Å². The number of aromatic nitrogens is 4. The Morgan fingerprint density at radius 1 is 1.10 bits per heavy atom. The normalized spacial score (nSPS) is 20.1. The molecule has 0 unspecified atom stereocenters. The quantitative estimate of drug-likeness (QED) is 0.430. The third-order valence-corrected chi connectivity index (χ3v) is 10.4. The van der Waals surface area contributed by atoms with E-state index in [0.29, 0.717) is 54.7 Å². The van der Waals surface area contributed by atoms with Gasteiger partial charge in [-0.2, -0.15) is 19.4 Å². The molecule has 6 rings (SSSR count). The van der Waals surface area contributed by atoms with Gasteiger partial charge < -0.3 is 15.3 Å². The minimum absolute atomic E-state index is 0.108. The number of anilines is 2. The second-order valence-electron chi connectivity index (χ2n) is 11.4. The van der Waals surface area contributed by atoms with E-state index in [1.54, 1.807) is 18.3 Å². The maximum atomic E-state index is 13.4. The number of nitrogens with one attached hydrogen (secondary N) is 1. The molecule has 2 aliphatic heterocycles. The van der Waals surface area contributed by atoms with Crippen LogP contribution in [0.5, 0.6) is 0 Å². The first-order valence-corrected chi connectivity index (χ1v) is 14.9. The van der Waals surface area contributed by atoms with Crippen LogP contribution in [0, 0.1) is 5.92 Å². The first-order chi connectivity index (χ1) is 18.5. The maximum absolute atomic E-state index is 13.4. The molecule has 10 nitrogen and oxygen atoms in total. The molecule has 13 heteroatoms. The molecule has 3 aromatic rings. The second kappa shape index (κ2) is 9.63. The van der Waals surface area contributed by atoms with Crippen LogP contribution in [0.15, 0.2) is 30.5 Å². The van der Waals surface area contributed by atoms with Crippen molar-refractivity contribution in [3.63, 3.8) is 0 Å². The highest BCUT2D eigenvalue weighted by molar-refractivity contribution is 7.90. The number of sulfonamides is 1. The lowest BCUT2D eigenvalue weighted by molar-refractivity contribution is 0.00648. The average molecular weight is 562 g/mol. The summed E-state index contributed by atoms with van der Waals surface area (Å²) < 4.78 is 54.9. The fraction of sp³-hybridized carbons (Fsp3) is 0.577. The highest BCUT2D eigenvalue weighted by Crippen LogP contribution is 2.36. The van der Waals surface area contributed by atoms with Crippen LogP contribution in [-0.4, -0.2) is 80.6 Å². The van der Waals surface area contributed by atoms with Crippen LogP contribution in [0.25, 0.3) is 16.7 Å². The van der Waals surface area contributed by atoms with Gasteiger partial charge in [-0.3, -0.25) is 0 Å². The summed E-state index contributed by atoms with van der Waals surface area (Å²) in [5, 5.41) is 18.7. The summed E-state index contributed by atoms with van der Waals surface area (Å²) in [5.41, 5.74) is 0.0609. The Morgan fingerprint density at radius 3 is 2.46 bits per heavy atom. The predicted octanol–water partition coefficient (Wildman–Crippen LogP) is 3.33. The lowest BCUT2D eigenvalue weighted by Gasteiger charge is -2.39. The van der Waals surface area contributed by atoms with Crippen molar-refractivity contribution in [1.29, 1.82) is 0 Å². The van der Waals surface area contributed by atoms with E-state index < -0.39 is 22.0 Å². The van der Waals surface area contributed by atoms with Crippen LogP contribution < -0.4 is 10.2 Å². The Balaban J connectivity index is 1.32. The van der Waals surface area contributed by atoms with E-state index in [9.17, 15) is 22.3 Å². The number of piperidine rings is 1. The maximum Gasteiger partial charge on any atom is 0.263 e. The van der Waals surface area contributed by atoms with Gasteiger partial charge in [0.1, 0.15) is 5.82 Å². The third kappa shape index (κ3) is 5.07. The number of fused-ring (bicyclic) bond motifs is 1.